The molecule has 0 atom stereocenters. The summed E-state index contributed by atoms with van der Waals surface area (Å²) in [6, 6.07) is 7.98. The quantitative estimate of drug-likeness (QED) is 0.876. The maximum atomic E-state index is 12.3. The first kappa shape index (κ1) is 13.4. The van der Waals surface area contributed by atoms with Crippen molar-refractivity contribution in [3.05, 3.63) is 52.3 Å². The molecule has 0 saturated heterocycles. The van der Waals surface area contributed by atoms with Gasteiger partial charge >= 0.3 is 0 Å². The van der Waals surface area contributed by atoms with Gasteiger partial charge in [-0.2, -0.15) is 0 Å². The predicted molar refractivity (Wildman–Crippen MR) is 78.8 cm³/mol. The van der Waals surface area contributed by atoms with E-state index < -0.39 is 0 Å². The van der Waals surface area contributed by atoms with Crippen LogP contribution in [0.15, 0.2) is 24.3 Å². The van der Waals surface area contributed by atoms with Crippen LogP contribution in [0.1, 0.15) is 32.9 Å². The van der Waals surface area contributed by atoms with Crippen LogP contribution in [-0.4, -0.2) is 10.5 Å². The Labute approximate surface area is 114 Å². The van der Waals surface area contributed by atoms with Crippen molar-refractivity contribution in [3.63, 3.8) is 0 Å². The molecule has 0 spiro atoms. The fourth-order valence-electron chi connectivity index (χ4n) is 2.33. The highest BCUT2D eigenvalue weighted by atomic mass is 16.1. The highest BCUT2D eigenvalue weighted by Crippen LogP contribution is 2.18. The van der Waals surface area contributed by atoms with Gasteiger partial charge in [0.1, 0.15) is 0 Å². The molecule has 2 rings (SSSR count). The predicted octanol–water partition coefficient (Wildman–Crippen LogP) is 3.51. The molecule has 3 nitrogen and oxygen atoms in total. The number of nitrogens with zero attached hydrogens (tertiary/aromatic N) is 1. The lowest BCUT2D eigenvalue weighted by Crippen LogP contribution is -2.13. The second-order valence-corrected chi connectivity index (χ2v) is 5.17. The molecule has 19 heavy (non-hydrogen) atoms. The van der Waals surface area contributed by atoms with Crippen LogP contribution < -0.4 is 5.32 Å². The molecule has 1 heterocycles. The van der Waals surface area contributed by atoms with Gasteiger partial charge in [0.25, 0.3) is 5.91 Å². The highest BCUT2D eigenvalue weighted by molar-refractivity contribution is 6.05. The van der Waals surface area contributed by atoms with Gasteiger partial charge in [-0.05, 0) is 57.0 Å². The van der Waals surface area contributed by atoms with E-state index in [1.54, 1.807) is 0 Å². The fourth-order valence-corrected chi connectivity index (χ4v) is 2.33. The average Bonchev–Trinajstić information content (AvgIpc) is 2.55. The molecule has 0 unspecified atom stereocenters. The zero-order chi connectivity index (χ0) is 14.2. The first-order chi connectivity index (χ1) is 8.88. The fraction of sp³-hybridized carbons (Fsp3) is 0.312. The summed E-state index contributed by atoms with van der Waals surface area (Å²) >= 11 is 0. The number of rotatable bonds is 2. The Bertz CT molecular complexity index is 618. The number of aromatic nitrogens is 1. The summed E-state index contributed by atoms with van der Waals surface area (Å²) in [6.45, 7) is 8.02. The minimum Gasteiger partial charge on any atom is -0.351 e. The van der Waals surface area contributed by atoms with E-state index in [2.05, 4.69) is 11.4 Å². The number of aryl methyl sites for hydroxylation is 3. The lowest BCUT2D eigenvalue weighted by Gasteiger charge is -2.08. The van der Waals surface area contributed by atoms with Gasteiger partial charge in [-0.1, -0.05) is 6.07 Å². The van der Waals surface area contributed by atoms with Crippen LogP contribution >= 0.6 is 0 Å². The normalized spacial score (nSPS) is 10.6. The largest absolute Gasteiger partial charge is 0.351 e. The second-order valence-electron chi connectivity index (χ2n) is 5.17. The third-order valence-corrected chi connectivity index (χ3v) is 3.50. The summed E-state index contributed by atoms with van der Waals surface area (Å²) < 4.78 is 2.02. The van der Waals surface area contributed by atoms with Gasteiger partial charge in [0.05, 0.1) is 5.56 Å². The Kier molecular flexibility index (Phi) is 3.47. The maximum absolute atomic E-state index is 12.3. The molecule has 2 aromatic rings. The molecule has 1 aromatic heterocycles. The molecule has 0 radical (unpaired) electrons. The topological polar surface area (TPSA) is 34.0 Å². The molecule has 0 saturated carbocycles. The lowest BCUT2D eigenvalue weighted by molar-refractivity contribution is 0.102. The maximum Gasteiger partial charge on any atom is 0.257 e. The standard InChI is InChI=1S/C16H20N2O/c1-10-6-11(2)8-14(7-10)17-16(19)15-9-12(3)18(5)13(15)4/h6-9H,1-5H3,(H,17,19). The third-order valence-electron chi connectivity index (χ3n) is 3.50. The zero-order valence-corrected chi connectivity index (χ0v) is 12.2. The molecule has 0 fully saturated rings. The molecule has 1 N–H and O–H groups in total. The molecular weight excluding hydrogens is 236 g/mol. The second kappa shape index (κ2) is 4.92. The summed E-state index contributed by atoms with van der Waals surface area (Å²) in [5, 5.41) is 2.97. The summed E-state index contributed by atoms with van der Waals surface area (Å²) in [6.07, 6.45) is 0. The lowest BCUT2D eigenvalue weighted by atomic mass is 10.1. The van der Waals surface area contributed by atoms with Crippen molar-refractivity contribution in [2.24, 2.45) is 7.05 Å². The van der Waals surface area contributed by atoms with Crippen molar-refractivity contribution in [2.75, 3.05) is 5.32 Å². The summed E-state index contributed by atoms with van der Waals surface area (Å²) in [7, 11) is 1.97. The molecule has 0 aliphatic heterocycles. The third kappa shape index (κ3) is 2.70. The monoisotopic (exact) mass is 256 g/mol. The van der Waals surface area contributed by atoms with Crippen molar-refractivity contribution in [3.8, 4) is 0 Å². The van der Waals surface area contributed by atoms with Gasteiger partial charge in [-0.15, -0.1) is 0 Å². The molecule has 3 heteroatoms. The van der Waals surface area contributed by atoms with E-state index in [-0.39, 0.29) is 5.91 Å². The van der Waals surface area contributed by atoms with Crippen molar-refractivity contribution in [1.82, 2.24) is 4.57 Å². The first-order valence-electron chi connectivity index (χ1n) is 6.41. The first-order valence-corrected chi connectivity index (χ1v) is 6.41. The van der Waals surface area contributed by atoms with Crippen molar-refractivity contribution < 1.29 is 4.79 Å². The van der Waals surface area contributed by atoms with Crippen LogP contribution in [0.2, 0.25) is 0 Å². The van der Waals surface area contributed by atoms with E-state index in [1.807, 2.05) is 57.5 Å². The van der Waals surface area contributed by atoms with E-state index in [4.69, 9.17) is 0 Å². The van der Waals surface area contributed by atoms with E-state index in [9.17, 15) is 4.79 Å². The number of anilines is 1. The van der Waals surface area contributed by atoms with Crippen molar-refractivity contribution in [2.45, 2.75) is 27.7 Å². The summed E-state index contributed by atoms with van der Waals surface area (Å²) in [5.41, 5.74) is 5.96. The number of carbonyl (C=O) groups excluding carboxylic acids is 1. The Morgan fingerprint density at radius 3 is 2.05 bits per heavy atom. The van der Waals surface area contributed by atoms with Crippen LogP contribution in [0.3, 0.4) is 0 Å². The number of hydrogen-bond acceptors (Lipinski definition) is 1. The summed E-state index contributed by atoms with van der Waals surface area (Å²) in [4.78, 5) is 12.3. The van der Waals surface area contributed by atoms with Crippen LogP contribution in [0.25, 0.3) is 0 Å². The summed E-state index contributed by atoms with van der Waals surface area (Å²) in [5.74, 6) is -0.0498. The number of carbonyl (C=O) groups is 1. The van der Waals surface area contributed by atoms with Crippen molar-refractivity contribution in [1.29, 1.82) is 0 Å². The number of hydrogen-bond donors (Lipinski definition) is 1. The van der Waals surface area contributed by atoms with Crippen LogP contribution in [0.5, 0.6) is 0 Å². The van der Waals surface area contributed by atoms with Gasteiger partial charge in [0.15, 0.2) is 0 Å². The molecule has 100 valence electrons. The van der Waals surface area contributed by atoms with E-state index in [0.717, 1.165) is 33.8 Å². The number of amides is 1. The molecule has 0 bridgehead atoms. The number of nitrogens with one attached hydrogen (secondary N) is 1. The molecule has 0 aliphatic rings. The van der Waals surface area contributed by atoms with E-state index in [1.165, 1.54) is 0 Å². The zero-order valence-electron chi connectivity index (χ0n) is 12.2. The van der Waals surface area contributed by atoms with Crippen LogP contribution in [-0.2, 0) is 7.05 Å². The smallest absolute Gasteiger partial charge is 0.257 e. The highest BCUT2D eigenvalue weighted by Gasteiger charge is 2.14. The molecular formula is C16H20N2O. The van der Waals surface area contributed by atoms with E-state index >= 15 is 0 Å². The van der Waals surface area contributed by atoms with Crippen molar-refractivity contribution >= 4 is 11.6 Å². The molecule has 1 amide bonds. The minimum absolute atomic E-state index is 0.0498. The Balaban J connectivity index is 2.28. The van der Waals surface area contributed by atoms with Gasteiger partial charge < -0.3 is 9.88 Å². The molecule has 0 aliphatic carbocycles. The van der Waals surface area contributed by atoms with Crippen LogP contribution in [0.4, 0.5) is 5.69 Å². The Morgan fingerprint density at radius 1 is 1.00 bits per heavy atom. The Hall–Kier alpha value is -2.03. The minimum atomic E-state index is -0.0498. The average molecular weight is 256 g/mol. The van der Waals surface area contributed by atoms with E-state index in [0.29, 0.717) is 0 Å². The van der Waals surface area contributed by atoms with Gasteiger partial charge in [-0.25, -0.2) is 0 Å². The molecule has 1 aromatic carbocycles. The van der Waals surface area contributed by atoms with Crippen LogP contribution in [0, 0.1) is 27.7 Å². The number of benzene rings is 1. The van der Waals surface area contributed by atoms with Gasteiger partial charge in [0, 0.05) is 24.1 Å². The van der Waals surface area contributed by atoms with Gasteiger partial charge in [-0.3, -0.25) is 4.79 Å². The van der Waals surface area contributed by atoms with Gasteiger partial charge in [0.2, 0.25) is 0 Å². The SMILES string of the molecule is Cc1cc(C)cc(NC(=O)c2cc(C)n(C)c2C)c1. The Morgan fingerprint density at radius 2 is 1.58 bits per heavy atom.